The van der Waals surface area contributed by atoms with Gasteiger partial charge in [-0.2, -0.15) is 0 Å². The summed E-state index contributed by atoms with van der Waals surface area (Å²) >= 11 is 0. The highest BCUT2D eigenvalue weighted by molar-refractivity contribution is 5.39. The maximum absolute atomic E-state index is 11.5. The van der Waals surface area contributed by atoms with Gasteiger partial charge in [0.15, 0.2) is 0 Å². The van der Waals surface area contributed by atoms with E-state index in [2.05, 4.69) is 13.8 Å². The molecule has 0 spiro atoms. The lowest BCUT2D eigenvalue weighted by Gasteiger charge is -2.17. The molecule has 0 saturated carbocycles. The van der Waals surface area contributed by atoms with Crippen molar-refractivity contribution in [2.45, 2.75) is 53.4 Å². The van der Waals surface area contributed by atoms with E-state index in [1.54, 1.807) is 13.8 Å². The third-order valence-electron chi connectivity index (χ3n) is 3.49. The molecule has 0 radical (unpaired) electrons. The van der Waals surface area contributed by atoms with Crippen LogP contribution >= 0.6 is 0 Å². The molecule has 0 amide bonds. The molecule has 1 N–H and O–H groups in total. The molecule has 0 unspecified atom stereocenters. The zero-order valence-corrected chi connectivity index (χ0v) is 11.3. The first kappa shape index (κ1) is 13.8. The highest BCUT2D eigenvalue weighted by Gasteiger charge is 2.19. The third kappa shape index (κ3) is 2.90. The molecule has 0 saturated heterocycles. The van der Waals surface area contributed by atoms with Gasteiger partial charge in [0.25, 0.3) is 0 Å². The van der Waals surface area contributed by atoms with Crippen molar-refractivity contribution in [2.24, 2.45) is 5.92 Å². The van der Waals surface area contributed by atoms with Gasteiger partial charge in [-0.1, -0.05) is 27.2 Å². The summed E-state index contributed by atoms with van der Waals surface area (Å²) in [4.78, 5) is 11.5. The standard InChI is InChI=1S/C14H22O3/c1-6-8(2)7-9(3)13-10(4)12(15)11(5)14(16)17-13/h8-9,15H,6-7H2,1-5H3/t8-,9-/m0/s1. The molecule has 3 nitrogen and oxygen atoms in total. The quantitative estimate of drug-likeness (QED) is 0.873. The van der Waals surface area contributed by atoms with E-state index in [1.165, 1.54) is 0 Å². The largest absolute Gasteiger partial charge is 0.507 e. The lowest BCUT2D eigenvalue weighted by molar-refractivity contribution is 0.364. The van der Waals surface area contributed by atoms with E-state index >= 15 is 0 Å². The molecule has 1 heterocycles. The average molecular weight is 238 g/mol. The van der Waals surface area contributed by atoms with Gasteiger partial charge in [0.05, 0.1) is 5.56 Å². The summed E-state index contributed by atoms with van der Waals surface area (Å²) in [6, 6.07) is 0. The summed E-state index contributed by atoms with van der Waals surface area (Å²) in [6.45, 7) is 9.74. The maximum Gasteiger partial charge on any atom is 0.342 e. The van der Waals surface area contributed by atoms with E-state index in [9.17, 15) is 9.90 Å². The summed E-state index contributed by atoms with van der Waals surface area (Å²) in [5.74, 6) is 1.44. The highest BCUT2D eigenvalue weighted by atomic mass is 16.4. The van der Waals surface area contributed by atoms with Crippen molar-refractivity contribution in [3.63, 3.8) is 0 Å². The second-order valence-corrected chi connectivity index (χ2v) is 5.00. The Labute approximate surface area is 102 Å². The van der Waals surface area contributed by atoms with Crippen molar-refractivity contribution in [1.29, 1.82) is 0 Å². The summed E-state index contributed by atoms with van der Waals surface area (Å²) in [7, 11) is 0. The third-order valence-corrected chi connectivity index (χ3v) is 3.49. The second kappa shape index (κ2) is 5.39. The van der Waals surface area contributed by atoms with Crippen molar-refractivity contribution >= 4 is 0 Å². The normalized spacial score (nSPS) is 14.6. The summed E-state index contributed by atoms with van der Waals surface area (Å²) < 4.78 is 5.31. The molecule has 1 aromatic heterocycles. The minimum Gasteiger partial charge on any atom is -0.507 e. The predicted molar refractivity (Wildman–Crippen MR) is 68.6 cm³/mol. The Morgan fingerprint density at radius 2 is 1.82 bits per heavy atom. The number of rotatable bonds is 4. The Kier molecular flexibility index (Phi) is 4.38. The van der Waals surface area contributed by atoms with Crippen LogP contribution in [0.1, 0.15) is 56.4 Å². The minimum atomic E-state index is -0.431. The Balaban J connectivity index is 3.10. The summed E-state index contributed by atoms with van der Waals surface area (Å²) in [5.41, 5.74) is 0.555. The molecule has 0 aromatic carbocycles. The van der Waals surface area contributed by atoms with Crippen LogP contribution in [0.15, 0.2) is 9.21 Å². The molecule has 0 aliphatic heterocycles. The fraction of sp³-hybridized carbons (Fsp3) is 0.643. The molecule has 96 valence electrons. The van der Waals surface area contributed by atoms with Crippen LogP contribution in [0.25, 0.3) is 0 Å². The first-order chi connectivity index (χ1) is 7.88. The predicted octanol–water partition coefficient (Wildman–Crippen LogP) is 3.50. The molecule has 0 fully saturated rings. The van der Waals surface area contributed by atoms with Crippen LogP contribution in [-0.2, 0) is 0 Å². The molecule has 3 heteroatoms. The van der Waals surface area contributed by atoms with E-state index < -0.39 is 5.63 Å². The maximum atomic E-state index is 11.5. The second-order valence-electron chi connectivity index (χ2n) is 5.00. The zero-order chi connectivity index (χ0) is 13.2. The average Bonchev–Trinajstić information content (AvgIpc) is 2.30. The molecule has 0 aliphatic rings. The van der Waals surface area contributed by atoms with Gasteiger partial charge < -0.3 is 9.52 Å². The lowest BCUT2D eigenvalue weighted by atomic mass is 9.91. The van der Waals surface area contributed by atoms with Gasteiger partial charge >= 0.3 is 5.63 Å². The SMILES string of the molecule is CC[C@H](C)C[C@H](C)c1oc(=O)c(C)c(O)c1C. The van der Waals surface area contributed by atoms with Crippen molar-refractivity contribution in [3.05, 3.63) is 27.3 Å². The van der Waals surface area contributed by atoms with E-state index in [0.717, 1.165) is 12.8 Å². The van der Waals surface area contributed by atoms with Crippen LogP contribution in [-0.4, -0.2) is 5.11 Å². The van der Waals surface area contributed by atoms with Gasteiger partial charge in [-0.3, -0.25) is 0 Å². The highest BCUT2D eigenvalue weighted by Crippen LogP contribution is 2.31. The molecular formula is C14H22O3. The first-order valence-electron chi connectivity index (χ1n) is 6.21. The first-order valence-corrected chi connectivity index (χ1v) is 6.21. The zero-order valence-electron chi connectivity index (χ0n) is 11.3. The monoisotopic (exact) mass is 238 g/mol. The summed E-state index contributed by atoms with van der Waals surface area (Å²) in [5, 5.41) is 9.85. The Morgan fingerprint density at radius 1 is 1.24 bits per heavy atom. The van der Waals surface area contributed by atoms with Gasteiger partial charge in [-0.15, -0.1) is 0 Å². The number of hydrogen-bond donors (Lipinski definition) is 1. The van der Waals surface area contributed by atoms with Crippen LogP contribution in [0.2, 0.25) is 0 Å². The van der Waals surface area contributed by atoms with Crippen LogP contribution in [0.3, 0.4) is 0 Å². The molecule has 0 bridgehead atoms. The molecule has 1 aromatic rings. The van der Waals surface area contributed by atoms with Crippen LogP contribution in [0.4, 0.5) is 0 Å². The fourth-order valence-electron chi connectivity index (χ4n) is 2.10. The van der Waals surface area contributed by atoms with Gasteiger partial charge in [0.2, 0.25) is 0 Å². The van der Waals surface area contributed by atoms with E-state index in [4.69, 9.17) is 4.42 Å². The van der Waals surface area contributed by atoms with E-state index in [0.29, 0.717) is 22.8 Å². The summed E-state index contributed by atoms with van der Waals surface area (Å²) in [6.07, 6.45) is 2.06. The van der Waals surface area contributed by atoms with Crippen molar-refractivity contribution in [1.82, 2.24) is 0 Å². The van der Waals surface area contributed by atoms with Crippen molar-refractivity contribution < 1.29 is 9.52 Å². The Bertz CT molecular complexity index is 446. The van der Waals surface area contributed by atoms with E-state index in [1.807, 2.05) is 6.92 Å². The van der Waals surface area contributed by atoms with Gasteiger partial charge in [-0.25, -0.2) is 4.79 Å². The van der Waals surface area contributed by atoms with Gasteiger partial charge in [-0.05, 0) is 26.2 Å². The minimum absolute atomic E-state index is 0.0762. The fourth-order valence-corrected chi connectivity index (χ4v) is 2.10. The Hall–Kier alpha value is -1.25. The van der Waals surface area contributed by atoms with Crippen molar-refractivity contribution in [2.75, 3.05) is 0 Å². The molecule has 17 heavy (non-hydrogen) atoms. The topological polar surface area (TPSA) is 50.4 Å². The van der Waals surface area contributed by atoms with Crippen LogP contribution < -0.4 is 5.63 Å². The van der Waals surface area contributed by atoms with Crippen molar-refractivity contribution in [3.8, 4) is 5.75 Å². The molecule has 0 aliphatic carbocycles. The number of hydrogen-bond acceptors (Lipinski definition) is 3. The lowest BCUT2D eigenvalue weighted by Crippen LogP contribution is -2.11. The van der Waals surface area contributed by atoms with Gasteiger partial charge in [0, 0.05) is 11.5 Å². The molecule has 2 atom stereocenters. The Morgan fingerprint density at radius 3 is 2.35 bits per heavy atom. The molecular weight excluding hydrogens is 216 g/mol. The van der Waals surface area contributed by atoms with Crippen LogP contribution in [0, 0.1) is 19.8 Å². The smallest absolute Gasteiger partial charge is 0.342 e. The van der Waals surface area contributed by atoms with E-state index in [-0.39, 0.29) is 11.7 Å². The van der Waals surface area contributed by atoms with Gasteiger partial charge in [0.1, 0.15) is 11.5 Å². The van der Waals surface area contributed by atoms with Crippen LogP contribution in [0.5, 0.6) is 5.75 Å². The molecule has 1 rings (SSSR count). The number of aromatic hydroxyl groups is 1.